The van der Waals surface area contributed by atoms with Gasteiger partial charge in [-0.05, 0) is 31.2 Å². The van der Waals surface area contributed by atoms with Crippen molar-refractivity contribution in [3.8, 4) is 0 Å². The molecule has 0 aliphatic carbocycles. The Morgan fingerprint density at radius 2 is 1.75 bits per heavy atom. The number of piperidine rings is 1. The first-order valence-electron chi connectivity index (χ1n) is 9.46. The quantitative estimate of drug-likeness (QED) is 0.884. The van der Waals surface area contributed by atoms with Gasteiger partial charge in [0.05, 0.1) is 13.2 Å². The van der Waals surface area contributed by atoms with E-state index < -0.39 is 5.79 Å². The van der Waals surface area contributed by atoms with Gasteiger partial charge in [-0.2, -0.15) is 0 Å². The highest BCUT2D eigenvalue weighted by Crippen LogP contribution is 2.31. The van der Waals surface area contributed by atoms with Gasteiger partial charge in [0, 0.05) is 43.4 Å². The minimum absolute atomic E-state index is 0.111. The first-order chi connectivity index (χ1) is 13.5. The van der Waals surface area contributed by atoms with Crippen molar-refractivity contribution in [3.63, 3.8) is 0 Å². The summed E-state index contributed by atoms with van der Waals surface area (Å²) in [6, 6.07) is 10.7. The molecule has 0 unspecified atom stereocenters. The smallest absolute Gasteiger partial charge is 0.274 e. The lowest BCUT2D eigenvalue weighted by molar-refractivity contribution is -0.181. The molecule has 2 aliphatic heterocycles. The molecule has 3 heterocycles. The van der Waals surface area contributed by atoms with E-state index in [9.17, 15) is 9.59 Å². The molecule has 7 heteroatoms. The van der Waals surface area contributed by atoms with Crippen LogP contribution in [-0.4, -0.2) is 53.8 Å². The molecule has 146 valence electrons. The van der Waals surface area contributed by atoms with Gasteiger partial charge in [0.15, 0.2) is 5.79 Å². The summed E-state index contributed by atoms with van der Waals surface area (Å²) in [4.78, 5) is 31.2. The number of hydrogen-bond acceptors (Lipinski definition) is 5. The van der Waals surface area contributed by atoms with Crippen LogP contribution in [0.5, 0.6) is 0 Å². The molecule has 1 spiro atoms. The fraction of sp³-hybridized carbons (Fsp3) is 0.381. The first-order valence-corrected chi connectivity index (χ1v) is 9.46. The lowest BCUT2D eigenvalue weighted by Crippen LogP contribution is -2.47. The summed E-state index contributed by atoms with van der Waals surface area (Å²) in [6.45, 7) is 4.32. The van der Waals surface area contributed by atoms with Crippen molar-refractivity contribution in [2.24, 2.45) is 0 Å². The molecule has 0 bridgehead atoms. The second-order valence-electron chi connectivity index (χ2n) is 7.15. The number of rotatable bonds is 3. The number of benzene rings is 1. The van der Waals surface area contributed by atoms with Gasteiger partial charge in [0.25, 0.3) is 11.8 Å². The van der Waals surface area contributed by atoms with E-state index in [1.165, 1.54) is 6.20 Å². The number of hydrogen-bond donors (Lipinski definition) is 1. The van der Waals surface area contributed by atoms with Gasteiger partial charge in [-0.3, -0.25) is 14.6 Å². The predicted molar refractivity (Wildman–Crippen MR) is 103 cm³/mol. The zero-order valence-corrected chi connectivity index (χ0v) is 15.8. The summed E-state index contributed by atoms with van der Waals surface area (Å²) in [7, 11) is 0. The molecule has 1 N–H and O–H groups in total. The van der Waals surface area contributed by atoms with Gasteiger partial charge in [-0.1, -0.05) is 17.7 Å². The highest BCUT2D eigenvalue weighted by Gasteiger charge is 2.40. The largest absolute Gasteiger partial charge is 0.347 e. The van der Waals surface area contributed by atoms with Crippen molar-refractivity contribution in [2.75, 3.05) is 31.6 Å². The standard InChI is InChI=1S/C21H23N3O4/c1-15-2-4-17(5-3-15)23-19(25)18-14-16(6-9-22-18)20(26)24-10-7-21(8-11-24)27-12-13-28-21/h2-6,9,14H,7-8,10-13H2,1H3,(H,23,25). The van der Waals surface area contributed by atoms with Gasteiger partial charge in [-0.25, -0.2) is 0 Å². The van der Waals surface area contributed by atoms with Crippen LogP contribution in [-0.2, 0) is 9.47 Å². The van der Waals surface area contributed by atoms with E-state index in [1.54, 1.807) is 17.0 Å². The Kier molecular flexibility index (Phi) is 5.11. The Morgan fingerprint density at radius 3 is 2.43 bits per heavy atom. The average molecular weight is 381 g/mol. The van der Waals surface area contributed by atoms with Crippen molar-refractivity contribution in [2.45, 2.75) is 25.6 Å². The lowest BCUT2D eigenvalue weighted by Gasteiger charge is -2.37. The Bertz CT molecular complexity index is 865. The lowest BCUT2D eigenvalue weighted by atomic mass is 10.0. The zero-order chi connectivity index (χ0) is 19.6. The third-order valence-electron chi connectivity index (χ3n) is 5.17. The third-order valence-corrected chi connectivity index (χ3v) is 5.17. The Labute approximate surface area is 163 Å². The van der Waals surface area contributed by atoms with Crippen LogP contribution < -0.4 is 5.32 Å². The van der Waals surface area contributed by atoms with E-state index in [1.807, 2.05) is 31.2 Å². The molecule has 28 heavy (non-hydrogen) atoms. The minimum Gasteiger partial charge on any atom is -0.347 e. The van der Waals surface area contributed by atoms with E-state index in [0.717, 1.165) is 5.56 Å². The highest BCUT2D eigenvalue weighted by atomic mass is 16.7. The fourth-order valence-corrected chi connectivity index (χ4v) is 3.54. The van der Waals surface area contributed by atoms with E-state index in [0.29, 0.717) is 50.4 Å². The minimum atomic E-state index is -0.520. The number of amides is 2. The molecular formula is C21H23N3O4. The van der Waals surface area contributed by atoms with Crippen LogP contribution in [0, 0.1) is 6.92 Å². The molecule has 0 atom stereocenters. The molecule has 2 saturated heterocycles. The summed E-state index contributed by atoms with van der Waals surface area (Å²) in [6.07, 6.45) is 2.81. The third kappa shape index (κ3) is 3.90. The van der Waals surface area contributed by atoms with E-state index in [2.05, 4.69) is 10.3 Å². The second kappa shape index (κ2) is 7.69. The molecular weight excluding hydrogens is 358 g/mol. The Balaban J connectivity index is 1.42. The molecule has 4 rings (SSSR count). The maximum absolute atomic E-state index is 12.9. The molecule has 7 nitrogen and oxygen atoms in total. The summed E-state index contributed by atoms with van der Waals surface area (Å²) < 4.78 is 11.4. The van der Waals surface area contributed by atoms with Crippen LogP contribution >= 0.6 is 0 Å². The van der Waals surface area contributed by atoms with Crippen LogP contribution in [0.4, 0.5) is 5.69 Å². The first kappa shape index (κ1) is 18.6. The SMILES string of the molecule is Cc1ccc(NC(=O)c2cc(C(=O)N3CCC4(CC3)OCCO4)ccn2)cc1. The monoisotopic (exact) mass is 381 g/mol. The number of carbonyl (C=O) groups is 2. The number of carbonyl (C=O) groups excluding carboxylic acids is 2. The average Bonchev–Trinajstić information content (AvgIpc) is 3.18. The topological polar surface area (TPSA) is 80.8 Å². The van der Waals surface area contributed by atoms with Crippen LogP contribution in [0.1, 0.15) is 39.3 Å². The summed E-state index contributed by atoms with van der Waals surface area (Å²) in [5, 5.41) is 2.80. The van der Waals surface area contributed by atoms with Crippen molar-refractivity contribution >= 4 is 17.5 Å². The second-order valence-corrected chi connectivity index (χ2v) is 7.15. The maximum Gasteiger partial charge on any atom is 0.274 e. The maximum atomic E-state index is 12.9. The molecule has 2 aromatic rings. The number of nitrogens with one attached hydrogen (secondary N) is 1. The Morgan fingerprint density at radius 1 is 1.07 bits per heavy atom. The van der Waals surface area contributed by atoms with Gasteiger partial charge in [0.1, 0.15) is 5.69 Å². The highest BCUT2D eigenvalue weighted by molar-refractivity contribution is 6.04. The van der Waals surface area contributed by atoms with Gasteiger partial charge in [-0.15, -0.1) is 0 Å². The van der Waals surface area contributed by atoms with Gasteiger partial charge < -0.3 is 19.7 Å². The van der Waals surface area contributed by atoms with Crippen LogP contribution in [0.3, 0.4) is 0 Å². The van der Waals surface area contributed by atoms with Crippen molar-refractivity contribution in [1.82, 2.24) is 9.88 Å². The normalized spacial score (nSPS) is 18.2. The van der Waals surface area contributed by atoms with E-state index in [-0.39, 0.29) is 17.5 Å². The number of pyridine rings is 1. The number of nitrogens with zero attached hydrogens (tertiary/aromatic N) is 2. The van der Waals surface area contributed by atoms with Crippen LogP contribution in [0.25, 0.3) is 0 Å². The molecule has 2 aliphatic rings. The van der Waals surface area contributed by atoms with Crippen LogP contribution in [0.15, 0.2) is 42.6 Å². The molecule has 2 amide bonds. The predicted octanol–water partition coefficient (Wildman–Crippen LogP) is 2.62. The van der Waals surface area contributed by atoms with E-state index >= 15 is 0 Å². The summed E-state index contributed by atoms with van der Waals surface area (Å²) >= 11 is 0. The molecule has 2 fully saturated rings. The molecule has 1 aromatic heterocycles. The number of anilines is 1. The number of likely N-dealkylation sites (tertiary alicyclic amines) is 1. The summed E-state index contributed by atoms with van der Waals surface area (Å²) in [5.41, 5.74) is 2.46. The van der Waals surface area contributed by atoms with Crippen molar-refractivity contribution in [3.05, 3.63) is 59.4 Å². The fourth-order valence-electron chi connectivity index (χ4n) is 3.54. The number of ether oxygens (including phenoxy) is 2. The number of aromatic nitrogens is 1. The molecule has 0 saturated carbocycles. The summed E-state index contributed by atoms with van der Waals surface area (Å²) in [5.74, 6) is -0.975. The van der Waals surface area contributed by atoms with Crippen molar-refractivity contribution in [1.29, 1.82) is 0 Å². The molecule has 1 aromatic carbocycles. The van der Waals surface area contributed by atoms with Gasteiger partial charge in [0.2, 0.25) is 0 Å². The van der Waals surface area contributed by atoms with Crippen LogP contribution in [0.2, 0.25) is 0 Å². The molecule has 0 radical (unpaired) electrons. The number of aryl methyl sites for hydroxylation is 1. The Hall–Kier alpha value is -2.77. The van der Waals surface area contributed by atoms with Crippen molar-refractivity contribution < 1.29 is 19.1 Å². The zero-order valence-electron chi connectivity index (χ0n) is 15.8. The van der Waals surface area contributed by atoms with Gasteiger partial charge >= 0.3 is 0 Å². The van der Waals surface area contributed by atoms with E-state index in [4.69, 9.17) is 9.47 Å².